The molecule has 0 bridgehead atoms. The molecule has 0 saturated carbocycles. The highest BCUT2D eigenvalue weighted by atomic mass is 32.2. The third kappa shape index (κ3) is 4.36. The van der Waals surface area contributed by atoms with Crippen molar-refractivity contribution in [2.45, 2.75) is 0 Å². The van der Waals surface area contributed by atoms with Crippen LogP contribution in [0.5, 0.6) is 0 Å². The summed E-state index contributed by atoms with van der Waals surface area (Å²) >= 11 is 1.66. The van der Waals surface area contributed by atoms with E-state index in [1.807, 2.05) is 18.2 Å². The fourth-order valence-electron chi connectivity index (χ4n) is 0.867. The summed E-state index contributed by atoms with van der Waals surface area (Å²) in [6.07, 6.45) is 8.10. The van der Waals surface area contributed by atoms with E-state index in [0.717, 1.165) is 12.3 Å². The lowest BCUT2D eigenvalue weighted by molar-refractivity contribution is -0.115. The third-order valence-corrected chi connectivity index (χ3v) is 2.40. The van der Waals surface area contributed by atoms with Gasteiger partial charge in [0.05, 0.1) is 12.3 Å². The van der Waals surface area contributed by atoms with Gasteiger partial charge in [0.15, 0.2) is 5.78 Å². The number of Topliss-reactive ketones (excluding diaryl/α,β-unsaturated/α-hetero) is 1. The van der Waals surface area contributed by atoms with Crippen molar-refractivity contribution in [3.8, 4) is 0 Å². The molecule has 0 aliphatic carbocycles. The molecule has 1 aliphatic rings. The summed E-state index contributed by atoms with van der Waals surface area (Å²) in [6.45, 7) is 1.28. The fraction of sp³-hybridized carbons (Fsp3) is 0.444. The predicted octanol–water partition coefficient (Wildman–Crippen LogP) is 1.00. The zero-order valence-electron chi connectivity index (χ0n) is 6.95. The van der Waals surface area contributed by atoms with E-state index in [2.05, 4.69) is 11.4 Å². The van der Waals surface area contributed by atoms with Crippen molar-refractivity contribution in [2.75, 3.05) is 24.6 Å². The van der Waals surface area contributed by atoms with Crippen LogP contribution in [0, 0.1) is 0 Å². The van der Waals surface area contributed by atoms with Crippen LogP contribution in [0.25, 0.3) is 0 Å². The molecule has 0 aromatic carbocycles. The average molecular weight is 183 g/mol. The van der Waals surface area contributed by atoms with Crippen molar-refractivity contribution >= 4 is 17.5 Å². The first-order chi connectivity index (χ1) is 5.89. The van der Waals surface area contributed by atoms with E-state index in [4.69, 9.17) is 0 Å². The minimum atomic E-state index is 0.281. The Balaban J connectivity index is 2.36. The molecule has 0 radical (unpaired) electrons. The maximum Gasteiger partial charge on any atom is 0.156 e. The lowest BCUT2D eigenvalue weighted by atomic mass is 10.4. The lowest BCUT2D eigenvalue weighted by Gasteiger charge is -1.99. The molecule has 1 heterocycles. The molecule has 0 spiro atoms. The molecule has 0 fully saturated rings. The van der Waals surface area contributed by atoms with Gasteiger partial charge in [-0.05, 0) is 0 Å². The van der Waals surface area contributed by atoms with Crippen LogP contribution < -0.4 is 5.32 Å². The molecule has 0 unspecified atom stereocenters. The molecule has 12 heavy (non-hydrogen) atoms. The molecule has 0 aromatic heterocycles. The first-order valence-corrected chi connectivity index (χ1v) is 5.17. The van der Waals surface area contributed by atoms with E-state index >= 15 is 0 Å². The Labute approximate surface area is 77.1 Å². The highest BCUT2D eigenvalue weighted by Gasteiger charge is 1.99. The Morgan fingerprint density at radius 2 is 2.17 bits per heavy atom. The molecular formula is C9H13NOS. The Morgan fingerprint density at radius 3 is 3.08 bits per heavy atom. The first-order valence-electron chi connectivity index (χ1n) is 4.01. The highest BCUT2D eigenvalue weighted by Crippen LogP contribution is 2.00. The van der Waals surface area contributed by atoms with Crippen LogP contribution in [0.15, 0.2) is 24.3 Å². The van der Waals surface area contributed by atoms with E-state index in [1.165, 1.54) is 0 Å². The second kappa shape index (κ2) is 6.03. The summed E-state index contributed by atoms with van der Waals surface area (Å²) < 4.78 is 0. The molecule has 66 valence electrons. The maximum absolute atomic E-state index is 11.1. The van der Waals surface area contributed by atoms with Gasteiger partial charge in [-0.25, -0.2) is 0 Å². The Kier molecular flexibility index (Phi) is 4.80. The first kappa shape index (κ1) is 9.55. The van der Waals surface area contributed by atoms with E-state index in [-0.39, 0.29) is 5.78 Å². The Bertz CT molecular complexity index is 179. The monoisotopic (exact) mass is 183 g/mol. The van der Waals surface area contributed by atoms with Crippen LogP contribution in [0.2, 0.25) is 0 Å². The van der Waals surface area contributed by atoms with E-state index in [9.17, 15) is 4.79 Å². The smallest absolute Gasteiger partial charge is 0.156 e. The Morgan fingerprint density at radius 1 is 1.33 bits per heavy atom. The summed E-state index contributed by atoms with van der Waals surface area (Å²) in [4.78, 5) is 11.1. The highest BCUT2D eigenvalue weighted by molar-refractivity contribution is 8.00. The number of rotatable bonds is 0. The van der Waals surface area contributed by atoms with Crippen LogP contribution in [0.3, 0.4) is 0 Å². The molecule has 0 atom stereocenters. The molecule has 1 N–H and O–H groups in total. The molecular weight excluding hydrogens is 170 g/mol. The largest absolute Gasteiger partial charge is 0.306 e. The van der Waals surface area contributed by atoms with Crippen LogP contribution >= 0.6 is 11.8 Å². The van der Waals surface area contributed by atoms with Gasteiger partial charge in [0.1, 0.15) is 0 Å². The van der Waals surface area contributed by atoms with Crippen molar-refractivity contribution in [1.82, 2.24) is 5.32 Å². The lowest BCUT2D eigenvalue weighted by Crippen LogP contribution is -2.24. The van der Waals surface area contributed by atoms with E-state index < -0.39 is 0 Å². The van der Waals surface area contributed by atoms with Crippen molar-refractivity contribution in [2.24, 2.45) is 0 Å². The van der Waals surface area contributed by atoms with Gasteiger partial charge in [-0.3, -0.25) is 4.79 Å². The molecule has 0 aromatic rings. The van der Waals surface area contributed by atoms with Crippen LogP contribution in [0.1, 0.15) is 0 Å². The molecule has 1 rings (SSSR count). The predicted molar refractivity (Wildman–Crippen MR) is 53.5 cm³/mol. The summed E-state index contributed by atoms with van der Waals surface area (Å²) in [6, 6.07) is 0. The summed E-state index contributed by atoms with van der Waals surface area (Å²) in [7, 11) is 0. The van der Waals surface area contributed by atoms with Gasteiger partial charge < -0.3 is 5.32 Å². The average Bonchev–Trinajstić information content (AvgIpc) is 2.11. The third-order valence-electron chi connectivity index (χ3n) is 1.44. The Hall–Kier alpha value is -0.540. The number of carbonyl (C=O) groups excluding carboxylic acids is 1. The second-order valence-corrected chi connectivity index (χ2v) is 3.57. The summed E-state index contributed by atoms with van der Waals surface area (Å²) in [5.74, 6) is 1.83. The van der Waals surface area contributed by atoms with Crippen molar-refractivity contribution in [3.05, 3.63) is 24.3 Å². The van der Waals surface area contributed by atoms with Gasteiger partial charge in [-0.1, -0.05) is 24.3 Å². The van der Waals surface area contributed by atoms with E-state index in [0.29, 0.717) is 12.3 Å². The van der Waals surface area contributed by atoms with Crippen molar-refractivity contribution < 1.29 is 4.79 Å². The standard InChI is InChI=1S/C9H13NOS/c11-9-7-10-5-3-1-2-4-6-12-8-9/h1-4,10H,5-8H2/b3-1-,4-2-. The zero-order chi connectivity index (χ0) is 8.65. The van der Waals surface area contributed by atoms with Gasteiger partial charge in [-0.15, -0.1) is 11.8 Å². The number of allylic oxidation sites excluding steroid dienone is 2. The number of nitrogens with one attached hydrogen (secondary N) is 1. The molecule has 0 amide bonds. The van der Waals surface area contributed by atoms with Gasteiger partial charge in [-0.2, -0.15) is 0 Å². The second-order valence-electron chi connectivity index (χ2n) is 2.54. The number of ketones is 1. The van der Waals surface area contributed by atoms with Crippen molar-refractivity contribution in [3.63, 3.8) is 0 Å². The summed E-state index contributed by atoms with van der Waals surface area (Å²) in [5, 5.41) is 3.05. The normalized spacial score (nSPS) is 25.8. The number of thioether (sulfide) groups is 1. The minimum Gasteiger partial charge on any atom is -0.306 e. The van der Waals surface area contributed by atoms with Crippen LogP contribution in [0.4, 0.5) is 0 Å². The zero-order valence-corrected chi connectivity index (χ0v) is 7.77. The van der Waals surface area contributed by atoms with Gasteiger partial charge in [0, 0.05) is 12.3 Å². The van der Waals surface area contributed by atoms with Gasteiger partial charge in [0.2, 0.25) is 0 Å². The maximum atomic E-state index is 11.1. The SMILES string of the molecule is O=C1CNC/C=C\C=C/CSC1. The minimum absolute atomic E-state index is 0.281. The quantitative estimate of drug-likeness (QED) is 0.607. The van der Waals surface area contributed by atoms with Crippen molar-refractivity contribution in [1.29, 1.82) is 0 Å². The molecule has 2 nitrogen and oxygen atoms in total. The van der Waals surface area contributed by atoms with Gasteiger partial charge in [0.25, 0.3) is 0 Å². The number of hydrogen-bond donors (Lipinski definition) is 1. The van der Waals surface area contributed by atoms with Crippen LogP contribution in [-0.4, -0.2) is 30.4 Å². The number of carbonyl (C=O) groups is 1. The van der Waals surface area contributed by atoms with E-state index in [1.54, 1.807) is 11.8 Å². The molecule has 1 aliphatic heterocycles. The fourth-order valence-corrected chi connectivity index (χ4v) is 1.56. The number of hydrogen-bond acceptors (Lipinski definition) is 3. The molecule has 0 saturated heterocycles. The molecule has 3 heteroatoms. The van der Waals surface area contributed by atoms with Crippen LogP contribution in [-0.2, 0) is 4.79 Å². The van der Waals surface area contributed by atoms with Gasteiger partial charge >= 0.3 is 0 Å². The topological polar surface area (TPSA) is 29.1 Å². The summed E-state index contributed by atoms with van der Waals surface area (Å²) in [5.41, 5.74) is 0.